The van der Waals surface area contributed by atoms with Gasteiger partial charge in [-0.25, -0.2) is 8.42 Å². The summed E-state index contributed by atoms with van der Waals surface area (Å²) < 4.78 is 63.5. The maximum Gasteiger partial charge on any atom is 0.416 e. The van der Waals surface area contributed by atoms with Crippen molar-refractivity contribution in [3.8, 4) is 0 Å². The monoisotopic (exact) mass is 398 g/mol. The molecule has 1 heterocycles. The van der Waals surface area contributed by atoms with Gasteiger partial charge >= 0.3 is 6.18 Å². The van der Waals surface area contributed by atoms with Crippen LogP contribution in [0.2, 0.25) is 0 Å². The van der Waals surface area contributed by atoms with Crippen LogP contribution in [0.25, 0.3) is 0 Å². The van der Waals surface area contributed by atoms with Crippen LogP contribution in [0.1, 0.15) is 28.4 Å². The van der Waals surface area contributed by atoms with E-state index in [-0.39, 0.29) is 17.3 Å². The number of nitrogens with one attached hydrogen (secondary N) is 1. The SMILES string of the molecule is C[C@H]1Cc2cc(C(=O)Nc3cccc(C(F)(F)F)c3)ccc2N1S(C)(=O)=O. The van der Waals surface area contributed by atoms with E-state index in [0.29, 0.717) is 17.7 Å². The lowest BCUT2D eigenvalue weighted by Gasteiger charge is -2.21. The summed E-state index contributed by atoms with van der Waals surface area (Å²) >= 11 is 0. The summed E-state index contributed by atoms with van der Waals surface area (Å²) in [6.07, 6.45) is -2.93. The van der Waals surface area contributed by atoms with E-state index in [1.54, 1.807) is 19.1 Å². The third kappa shape index (κ3) is 3.92. The number of hydrogen-bond acceptors (Lipinski definition) is 3. The lowest BCUT2D eigenvalue weighted by molar-refractivity contribution is -0.137. The van der Waals surface area contributed by atoms with Crippen LogP contribution in [0.15, 0.2) is 42.5 Å². The third-order valence-corrected chi connectivity index (χ3v) is 5.57. The highest BCUT2D eigenvalue weighted by Crippen LogP contribution is 2.35. The fraction of sp³-hybridized carbons (Fsp3) is 0.278. The van der Waals surface area contributed by atoms with Crippen molar-refractivity contribution in [2.45, 2.75) is 25.6 Å². The molecule has 9 heteroatoms. The van der Waals surface area contributed by atoms with E-state index in [0.717, 1.165) is 18.4 Å². The summed E-state index contributed by atoms with van der Waals surface area (Å²) in [4.78, 5) is 12.4. The fourth-order valence-corrected chi connectivity index (χ4v) is 4.49. The number of alkyl halides is 3. The Kier molecular flexibility index (Phi) is 4.67. The molecule has 0 aliphatic carbocycles. The molecule has 1 aliphatic rings. The van der Waals surface area contributed by atoms with Gasteiger partial charge < -0.3 is 5.32 Å². The lowest BCUT2D eigenvalue weighted by atomic mass is 10.1. The number of carbonyl (C=O) groups is 1. The number of amides is 1. The second-order valence-electron chi connectivity index (χ2n) is 6.49. The summed E-state index contributed by atoms with van der Waals surface area (Å²) in [5, 5.41) is 2.44. The van der Waals surface area contributed by atoms with Crippen LogP contribution in [0.4, 0.5) is 24.5 Å². The summed E-state index contributed by atoms with van der Waals surface area (Å²) in [7, 11) is -3.44. The molecule has 0 saturated heterocycles. The first-order valence-corrected chi connectivity index (χ1v) is 9.92. The Morgan fingerprint density at radius 2 is 1.89 bits per heavy atom. The predicted octanol–water partition coefficient (Wildman–Crippen LogP) is 3.67. The molecule has 1 amide bonds. The summed E-state index contributed by atoms with van der Waals surface area (Å²) in [6.45, 7) is 1.77. The number of nitrogens with zero attached hydrogens (tertiary/aromatic N) is 1. The zero-order chi connectivity index (χ0) is 20.0. The van der Waals surface area contributed by atoms with Crippen molar-refractivity contribution in [1.82, 2.24) is 0 Å². The van der Waals surface area contributed by atoms with Crippen LogP contribution in [-0.2, 0) is 22.6 Å². The number of benzene rings is 2. The third-order valence-electron chi connectivity index (χ3n) is 4.30. The second-order valence-corrected chi connectivity index (χ2v) is 8.35. The normalized spacial score (nSPS) is 16.9. The van der Waals surface area contributed by atoms with E-state index in [9.17, 15) is 26.4 Å². The highest BCUT2D eigenvalue weighted by atomic mass is 32.2. The summed E-state index contributed by atoms with van der Waals surface area (Å²) in [6, 6.07) is 8.67. The number of carbonyl (C=O) groups excluding carboxylic acids is 1. The number of rotatable bonds is 3. The number of anilines is 2. The minimum Gasteiger partial charge on any atom is -0.322 e. The van der Waals surface area contributed by atoms with Gasteiger partial charge in [0, 0.05) is 17.3 Å². The van der Waals surface area contributed by atoms with Crippen LogP contribution >= 0.6 is 0 Å². The van der Waals surface area contributed by atoms with Crippen molar-refractivity contribution < 1.29 is 26.4 Å². The Labute approximate surface area is 154 Å². The van der Waals surface area contributed by atoms with Crippen molar-refractivity contribution in [2.24, 2.45) is 0 Å². The lowest BCUT2D eigenvalue weighted by Crippen LogP contribution is -2.34. The van der Waals surface area contributed by atoms with Gasteiger partial charge in [0.05, 0.1) is 17.5 Å². The molecule has 1 aliphatic heterocycles. The van der Waals surface area contributed by atoms with E-state index >= 15 is 0 Å². The number of halogens is 3. The van der Waals surface area contributed by atoms with Crippen molar-refractivity contribution >= 4 is 27.3 Å². The smallest absolute Gasteiger partial charge is 0.322 e. The Balaban J connectivity index is 1.85. The van der Waals surface area contributed by atoms with Gasteiger partial charge in [-0.3, -0.25) is 9.10 Å². The number of hydrogen-bond donors (Lipinski definition) is 1. The van der Waals surface area contributed by atoms with Crippen LogP contribution < -0.4 is 9.62 Å². The molecule has 5 nitrogen and oxygen atoms in total. The van der Waals surface area contributed by atoms with Crippen LogP contribution in [0.5, 0.6) is 0 Å². The number of fused-ring (bicyclic) bond motifs is 1. The molecule has 0 saturated carbocycles. The molecule has 2 aromatic carbocycles. The van der Waals surface area contributed by atoms with Gasteiger partial charge in [-0.1, -0.05) is 6.07 Å². The minimum absolute atomic E-state index is 0.0291. The van der Waals surface area contributed by atoms with E-state index in [4.69, 9.17) is 0 Å². The molecule has 0 radical (unpaired) electrons. The molecule has 3 rings (SSSR count). The average Bonchev–Trinajstić information content (AvgIpc) is 2.89. The first-order valence-electron chi connectivity index (χ1n) is 8.08. The zero-order valence-corrected chi connectivity index (χ0v) is 15.4. The standard InChI is InChI=1S/C18H17F3N2O3S/c1-11-8-13-9-12(6-7-16(13)23(11)27(2,25)26)17(24)22-15-5-3-4-14(10-15)18(19,20)21/h3-7,9-11H,8H2,1-2H3,(H,22,24)/t11-/m0/s1. The maximum atomic E-state index is 12.8. The minimum atomic E-state index is -4.50. The first kappa shape index (κ1) is 19.2. The maximum absolute atomic E-state index is 12.8. The fourth-order valence-electron chi connectivity index (χ4n) is 3.23. The van der Waals surface area contributed by atoms with Crippen molar-refractivity contribution in [1.29, 1.82) is 0 Å². The highest BCUT2D eigenvalue weighted by Gasteiger charge is 2.33. The summed E-state index contributed by atoms with van der Waals surface area (Å²) in [5.41, 5.74) is 0.632. The highest BCUT2D eigenvalue weighted by molar-refractivity contribution is 7.92. The van der Waals surface area contributed by atoms with E-state index in [1.807, 2.05) is 0 Å². The van der Waals surface area contributed by atoms with Gasteiger partial charge in [-0.2, -0.15) is 13.2 Å². The van der Waals surface area contributed by atoms with Crippen molar-refractivity contribution in [3.05, 3.63) is 59.2 Å². The Hall–Kier alpha value is -2.55. The van der Waals surface area contributed by atoms with Gasteiger partial charge in [-0.05, 0) is 55.3 Å². The second kappa shape index (κ2) is 6.56. The van der Waals surface area contributed by atoms with Crippen molar-refractivity contribution in [3.63, 3.8) is 0 Å². The van der Waals surface area contributed by atoms with Gasteiger partial charge in [0.15, 0.2) is 0 Å². The molecule has 27 heavy (non-hydrogen) atoms. The molecule has 1 atom stereocenters. The van der Waals surface area contributed by atoms with Gasteiger partial charge in [0.1, 0.15) is 0 Å². The van der Waals surface area contributed by atoms with Gasteiger partial charge in [-0.15, -0.1) is 0 Å². The average molecular weight is 398 g/mol. The van der Waals surface area contributed by atoms with Crippen molar-refractivity contribution in [2.75, 3.05) is 15.9 Å². The zero-order valence-electron chi connectivity index (χ0n) is 14.5. The van der Waals surface area contributed by atoms with Gasteiger partial charge in [0.25, 0.3) is 5.91 Å². The number of sulfonamides is 1. The Morgan fingerprint density at radius 1 is 1.19 bits per heavy atom. The molecule has 0 aromatic heterocycles. The molecule has 0 spiro atoms. The Morgan fingerprint density at radius 3 is 2.52 bits per heavy atom. The molecular formula is C18H17F3N2O3S. The molecule has 0 bridgehead atoms. The largest absolute Gasteiger partial charge is 0.416 e. The molecule has 1 N–H and O–H groups in total. The molecule has 144 valence electrons. The first-order chi connectivity index (χ1) is 12.5. The quantitative estimate of drug-likeness (QED) is 0.858. The molecule has 0 fully saturated rings. The van der Waals surface area contributed by atoms with E-state index in [2.05, 4.69) is 5.32 Å². The Bertz CT molecular complexity index is 1000. The van der Waals surface area contributed by atoms with Gasteiger partial charge in [0.2, 0.25) is 10.0 Å². The van der Waals surface area contributed by atoms with E-state index < -0.39 is 27.7 Å². The van der Waals surface area contributed by atoms with E-state index in [1.165, 1.54) is 22.5 Å². The molecular weight excluding hydrogens is 381 g/mol. The van der Waals surface area contributed by atoms with Crippen LogP contribution in [0.3, 0.4) is 0 Å². The van der Waals surface area contributed by atoms with Crippen LogP contribution in [-0.4, -0.2) is 26.6 Å². The molecule has 0 unspecified atom stereocenters. The predicted molar refractivity (Wildman–Crippen MR) is 96.3 cm³/mol. The topological polar surface area (TPSA) is 66.5 Å². The van der Waals surface area contributed by atoms with Crippen LogP contribution in [0, 0.1) is 0 Å². The molecule has 2 aromatic rings. The summed E-state index contributed by atoms with van der Waals surface area (Å²) in [5.74, 6) is -0.567.